The summed E-state index contributed by atoms with van der Waals surface area (Å²) >= 11 is 1.28. The van der Waals surface area contributed by atoms with Gasteiger partial charge in [-0.2, -0.15) is 0 Å². The summed E-state index contributed by atoms with van der Waals surface area (Å²) in [5.41, 5.74) is 1.41. The molecule has 0 atom stereocenters. The zero-order chi connectivity index (χ0) is 21.6. The molecular formula is C21H20N6O3S. The number of aromatic nitrogens is 5. The van der Waals surface area contributed by atoms with Crippen LogP contribution in [0.2, 0.25) is 0 Å². The molecule has 0 fully saturated rings. The lowest BCUT2D eigenvalue weighted by molar-refractivity contribution is -0.113. The van der Waals surface area contributed by atoms with Gasteiger partial charge in [0.1, 0.15) is 11.5 Å². The molecule has 4 aromatic rings. The quantitative estimate of drug-likeness (QED) is 0.424. The minimum atomic E-state index is -0.205. The molecule has 31 heavy (non-hydrogen) atoms. The second kappa shape index (κ2) is 9.35. The van der Waals surface area contributed by atoms with Gasteiger partial charge in [0.05, 0.1) is 25.7 Å². The van der Waals surface area contributed by atoms with Crippen molar-refractivity contribution in [2.75, 3.05) is 25.3 Å². The predicted molar refractivity (Wildman–Crippen MR) is 117 cm³/mol. The van der Waals surface area contributed by atoms with E-state index in [2.05, 4.69) is 20.5 Å². The first-order chi connectivity index (χ1) is 15.2. The highest BCUT2D eigenvalue weighted by molar-refractivity contribution is 7.99. The average molecular weight is 436 g/mol. The lowest BCUT2D eigenvalue weighted by atomic mass is 10.2. The normalized spacial score (nSPS) is 10.6. The van der Waals surface area contributed by atoms with Gasteiger partial charge in [-0.25, -0.2) is 4.68 Å². The molecule has 0 aliphatic heterocycles. The Kier molecular flexibility index (Phi) is 6.18. The maximum Gasteiger partial charge on any atom is 0.234 e. The van der Waals surface area contributed by atoms with Crippen LogP contribution in [-0.2, 0) is 4.79 Å². The van der Waals surface area contributed by atoms with Gasteiger partial charge in [-0.15, -0.1) is 10.2 Å². The zero-order valence-electron chi connectivity index (χ0n) is 16.9. The van der Waals surface area contributed by atoms with Crippen LogP contribution in [0.4, 0.5) is 5.69 Å². The van der Waals surface area contributed by atoms with E-state index in [0.717, 1.165) is 5.56 Å². The van der Waals surface area contributed by atoms with Crippen LogP contribution in [0.25, 0.3) is 11.4 Å². The summed E-state index contributed by atoms with van der Waals surface area (Å²) < 4.78 is 14.3. The number of hydrogen-bond acceptors (Lipinski definition) is 7. The Morgan fingerprint density at radius 1 is 1.06 bits per heavy atom. The third kappa shape index (κ3) is 4.53. The standard InChI is InChI=1S/C21H20N6O3S/c1-29-16-5-6-18(30-2)17(13-16)23-19(28)14-31-21-25-24-20(15-7-9-22-10-8-15)27(21)26-11-3-4-12-26/h3-13H,14H2,1-2H3,(H,23,28). The number of carbonyl (C=O) groups is 1. The van der Waals surface area contributed by atoms with Gasteiger partial charge in [-0.3, -0.25) is 14.5 Å². The lowest BCUT2D eigenvalue weighted by Crippen LogP contribution is -2.16. The summed E-state index contributed by atoms with van der Waals surface area (Å²) in [7, 11) is 3.12. The number of ether oxygens (including phenoxy) is 2. The SMILES string of the molecule is COc1ccc(OC)c(NC(=O)CSc2nnc(-c3ccncc3)n2-n2cccc2)c1. The van der Waals surface area contributed by atoms with Crippen LogP contribution >= 0.6 is 11.8 Å². The first-order valence-corrected chi connectivity index (χ1v) is 10.3. The minimum Gasteiger partial charge on any atom is -0.497 e. The highest BCUT2D eigenvalue weighted by Crippen LogP contribution is 2.29. The third-order valence-corrected chi connectivity index (χ3v) is 5.30. The van der Waals surface area contributed by atoms with E-state index in [1.54, 1.807) is 44.8 Å². The number of nitrogens with zero attached hydrogens (tertiary/aromatic N) is 5. The second-order valence-electron chi connectivity index (χ2n) is 6.32. The fourth-order valence-corrected chi connectivity index (χ4v) is 3.67. The number of carbonyl (C=O) groups excluding carboxylic acids is 1. The number of thioether (sulfide) groups is 1. The highest BCUT2D eigenvalue weighted by Gasteiger charge is 2.17. The zero-order valence-corrected chi connectivity index (χ0v) is 17.7. The summed E-state index contributed by atoms with van der Waals surface area (Å²) in [5.74, 6) is 1.75. The molecule has 1 aromatic carbocycles. The molecule has 0 saturated carbocycles. The second-order valence-corrected chi connectivity index (χ2v) is 7.26. The molecule has 3 heterocycles. The van der Waals surface area contributed by atoms with Gasteiger partial charge >= 0.3 is 0 Å². The van der Waals surface area contributed by atoms with E-state index in [1.807, 2.05) is 46.0 Å². The van der Waals surface area contributed by atoms with Crippen molar-refractivity contribution < 1.29 is 14.3 Å². The number of methoxy groups -OCH3 is 2. The predicted octanol–water partition coefficient (Wildman–Crippen LogP) is 3.20. The molecule has 10 heteroatoms. The number of pyridine rings is 1. The third-order valence-electron chi connectivity index (χ3n) is 4.38. The Labute approximate surface area is 183 Å². The van der Waals surface area contributed by atoms with Crippen molar-refractivity contribution in [2.24, 2.45) is 0 Å². The summed E-state index contributed by atoms with van der Waals surface area (Å²) in [6.07, 6.45) is 7.18. The molecular weight excluding hydrogens is 416 g/mol. The van der Waals surface area contributed by atoms with Crippen molar-refractivity contribution >= 4 is 23.4 Å². The van der Waals surface area contributed by atoms with Crippen LogP contribution in [0.5, 0.6) is 11.5 Å². The van der Waals surface area contributed by atoms with E-state index in [9.17, 15) is 4.79 Å². The molecule has 0 saturated heterocycles. The van der Waals surface area contributed by atoms with Crippen molar-refractivity contribution in [3.8, 4) is 22.9 Å². The first-order valence-electron chi connectivity index (χ1n) is 9.33. The number of rotatable bonds is 8. The number of benzene rings is 1. The van der Waals surface area contributed by atoms with Crippen LogP contribution in [0.15, 0.2) is 72.4 Å². The topological polar surface area (TPSA) is 96.1 Å². The van der Waals surface area contributed by atoms with Crippen molar-refractivity contribution in [3.05, 3.63) is 67.3 Å². The molecule has 0 spiro atoms. The number of hydrogen-bond donors (Lipinski definition) is 1. The fourth-order valence-electron chi connectivity index (χ4n) is 2.93. The van der Waals surface area contributed by atoms with Gasteiger partial charge < -0.3 is 14.8 Å². The van der Waals surface area contributed by atoms with E-state index in [4.69, 9.17) is 9.47 Å². The van der Waals surface area contributed by atoms with Crippen molar-refractivity contribution in [3.63, 3.8) is 0 Å². The summed E-state index contributed by atoms with van der Waals surface area (Å²) in [4.78, 5) is 16.7. The molecule has 0 radical (unpaired) electrons. The van der Waals surface area contributed by atoms with E-state index in [1.165, 1.54) is 11.8 Å². The van der Waals surface area contributed by atoms with Gasteiger partial charge in [-0.1, -0.05) is 11.8 Å². The largest absolute Gasteiger partial charge is 0.497 e. The van der Waals surface area contributed by atoms with E-state index in [-0.39, 0.29) is 11.7 Å². The Hall–Kier alpha value is -3.79. The molecule has 3 aromatic heterocycles. The molecule has 9 nitrogen and oxygen atoms in total. The van der Waals surface area contributed by atoms with Gasteiger partial charge in [0.25, 0.3) is 0 Å². The summed E-state index contributed by atoms with van der Waals surface area (Å²) in [5, 5.41) is 12.1. The average Bonchev–Trinajstić information content (AvgIpc) is 3.48. The van der Waals surface area contributed by atoms with Gasteiger partial charge in [-0.05, 0) is 36.4 Å². The summed E-state index contributed by atoms with van der Waals surface area (Å²) in [6.45, 7) is 0. The van der Waals surface area contributed by atoms with Crippen LogP contribution in [0.1, 0.15) is 0 Å². The molecule has 0 aliphatic carbocycles. The Balaban J connectivity index is 1.54. The van der Waals surface area contributed by atoms with Gasteiger partial charge in [0, 0.05) is 36.4 Å². The van der Waals surface area contributed by atoms with E-state index >= 15 is 0 Å². The van der Waals surface area contributed by atoms with Crippen molar-refractivity contribution in [1.29, 1.82) is 0 Å². The molecule has 1 N–H and O–H groups in total. The van der Waals surface area contributed by atoms with Crippen molar-refractivity contribution in [2.45, 2.75) is 5.16 Å². The van der Waals surface area contributed by atoms with Gasteiger partial charge in [0.2, 0.25) is 11.1 Å². The monoisotopic (exact) mass is 436 g/mol. The molecule has 0 unspecified atom stereocenters. The highest BCUT2D eigenvalue weighted by atomic mass is 32.2. The van der Waals surface area contributed by atoms with Crippen LogP contribution < -0.4 is 14.8 Å². The lowest BCUT2D eigenvalue weighted by Gasteiger charge is -2.12. The number of amides is 1. The van der Waals surface area contributed by atoms with Crippen LogP contribution in [0, 0.1) is 0 Å². The van der Waals surface area contributed by atoms with Gasteiger partial charge in [0.15, 0.2) is 5.82 Å². The Bertz CT molecular complexity index is 1160. The van der Waals surface area contributed by atoms with Crippen LogP contribution in [0.3, 0.4) is 0 Å². The van der Waals surface area contributed by atoms with E-state index in [0.29, 0.717) is 28.2 Å². The Morgan fingerprint density at radius 3 is 2.55 bits per heavy atom. The molecule has 0 bridgehead atoms. The number of nitrogens with one attached hydrogen (secondary N) is 1. The van der Waals surface area contributed by atoms with Crippen LogP contribution in [-0.4, -0.2) is 50.4 Å². The maximum atomic E-state index is 12.6. The first kappa shape index (κ1) is 20.5. The fraction of sp³-hybridized carbons (Fsp3) is 0.143. The minimum absolute atomic E-state index is 0.135. The molecule has 4 rings (SSSR count). The number of anilines is 1. The van der Waals surface area contributed by atoms with Crippen molar-refractivity contribution in [1.82, 2.24) is 24.5 Å². The molecule has 1 amide bonds. The smallest absolute Gasteiger partial charge is 0.234 e. The molecule has 0 aliphatic rings. The Morgan fingerprint density at radius 2 is 1.84 bits per heavy atom. The molecule has 158 valence electrons. The maximum absolute atomic E-state index is 12.6. The summed E-state index contributed by atoms with van der Waals surface area (Å²) in [6, 6.07) is 12.8. The van der Waals surface area contributed by atoms with E-state index < -0.39 is 0 Å².